The van der Waals surface area contributed by atoms with Crippen molar-refractivity contribution in [3.05, 3.63) is 24.3 Å². The normalized spacial score (nSPS) is 11.2. The molecule has 0 unspecified atom stereocenters. The predicted molar refractivity (Wildman–Crippen MR) is 54.5 cm³/mol. The standard InChI is InChI=1S/C10H10F2O2S/c1-7(13)10(11,12)14-8-3-5-9(15-2)6-4-8/h3-6H,1-2H3. The topological polar surface area (TPSA) is 26.3 Å². The van der Waals surface area contributed by atoms with E-state index in [1.54, 1.807) is 12.1 Å². The molecule has 0 spiro atoms. The summed E-state index contributed by atoms with van der Waals surface area (Å²) in [6, 6.07) is 6.11. The fourth-order valence-corrected chi connectivity index (χ4v) is 1.27. The van der Waals surface area contributed by atoms with Gasteiger partial charge in [0, 0.05) is 11.8 Å². The van der Waals surface area contributed by atoms with E-state index in [0.29, 0.717) is 0 Å². The lowest BCUT2D eigenvalue weighted by atomic mass is 10.3. The van der Waals surface area contributed by atoms with Gasteiger partial charge in [0.1, 0.15) is 5.75 Å². The van der Waals surface area contributed by atoms with Crippen LogP contribution in [0.5, 0.6) is 5.75 Å². The Bertz CT molecular complexity index is 349. The molecule has 0 amide bonds. The number of halogens is 2. The fourth-order valence-electron chi connectivity index (χ4n) is 0.864. The summed E-state index contributed by atoms with van der Waals surface area (Å²) in [6.45, 7) is 0.788. The summed E-state index contributed by atoms with van der Waals surface area (Å²) in [7, 11) is 0. The first-order chi connectivity index (χ1) is 6.95. The first kappa shape index (κ1) is 12.0. The molecule has 0 aromatic heterocycles. The largest absolute Gasteiger partial charge is 0.460 e. The number of alkyl halides is 2. The molecule has 1 rings (SSSR count). The van der Waals surface area contributed by atoms with Gasteiger partial charge in [0.25, 0.3) is 0 Å². The number of ketones is 1. The molecule has 0 radical (unpaired) electrons. The molecule has 0 aliphatic heterocycles. The molecule has 5 heteroatoms. The van der Waals surface area contributed by atoms with Crippen molar-refractivity contribution in [1.29, 1.82) is 0 Å². The molecule has 0 aliphatic rings. The Morgan fingerprint density at radius 1 is 1.33 bits per heavy atom. The lowest BCUT2D eigenvalue weighted by molar-refractivity contribution is -0.188. The van der Waals surface area contributed by atoms with Crippen molar-refractivity contribution in [2.45, 2.75) is 17.9 Å². The van der Waals surface area contributed by atoms with Crippen LogP contribution in [-0.4, -0.2) is 18.1 Å². The molecule has 0 saturated heterocycles. The molecule has 0 heterocycles. The summed E-state index contributed by atoms with van der Waals surface area (Å²) < 4.78 is 29.9. The average molecular weight is 232 g/mol. The van der Waals surface area contributed by atoms with Gasteiger partial charge < -0.3 is 4.74 Å². The molecule has 1 aromatic carbocycles. The minimum absolute atomic E-state index is 0.0204. The molecule has 0 atom stereocenters. The first-order valence-electron chi connectivity index (χ1n) is 4.17. The highest BCUT2D eigenvalue weighted by molar-refractivity contribution is 7.98. The maximum Gasteiger partial charge on any atom is 0.460 e. The number of ether oxygens (including phenoxy) is 1. The number of Topliss-reactive ketones (excluding diaryl/α,β-unsaturated/α-hetero) is 1. The highest BCUT2D eigenvalue weighted by atomic mass is 32.2. The Morgan fingerprint density at radius 2 is 1.87 bits per heavy atom. The maximum atomic E-state index is 12.8. The number of hydrogen-bond acceptors (Lipinski definition) is 3. The molecule has 0 bridgehead atoms. The van der Waals surface area contributed by atoms with Crippen LogP contribution >= 0.6 is 11.8 Å². The lowest BCUT2D eigenvalue weighted by Crippen LogP contribution is -2.32. The first-order valence-corrected chi connectivity index (χ1v) is 5.40. The van der Waals surface area contributed by atoms with E-state index in [0.717, 1.165) is 11.8 Å². The minimum Gasteiger partial charge on any atom is -0.427 e. The zero-order chi connectivity index (χ0) is 11.5. The number of carbonyl (C=O) groups excluding carboxylic acids is 1. The van der Waals surface area contributed by atoms with Crippen LogP contribution in [-0.2, 0) is 4.79 Å². The quantitative estimate of drug-likeness (QED) is 0.746. The van der Waals surface area contributed by atoms with Crippen molar-refractivity contribution < 1.29 is 18.3 Å². The Labute approximate surface area is 90.6 Å². The van der Waals surface area contributed by atoms with E-state index >= 15 is 0 Å². The zero-order valence-electron chi connectivity index (χ0n) is 8.29. The second-order valence-electron chi connectivity index (χ2n) is 2.85. The summed E-state index contributed by atoms with van der Waals surface area (Å²) in [6.07, 6.45) is -1.87. The molecular formula is C10H10F2O2S. The average Bonchev–Trinajstić information content (AvgIpc) is 2.18. The number of carbonyl (C=O) groups is 1. The van der Waals surface area contributed by atoms with Gasteiger partial charge in [-0.05, 0) is 30.5 Å². The summed E-state index contributed by atoms with van der Waals surface area (Å²) in [5.74, 6) is -1.33. The number of benzene rings is 1. The van der Waals surface area contributed by atoms with E-state index in [4.69, 9.17) is 0 Å². The number of hydrogen-bond donors (Lipinski definition) is 0. The minimum atomic E-state index is -3.75. The van der Waals surface area contributed by atoms with E-state index in [1.165, 1.54) is 23.9 Å². The van der Waals surface area contributed by atoms with Gasteiger partial charge in [-0.25, -0.2) is 0 Å². The van der Waals surface area contributed by atoms with Gasteiger partial charge in [-0.3, -0.25) is 4.79 Å². The van der Waals surface area contributed by atoms with Crippen molar-refractivity contribution in [3.63, 3.8) is 0 Å². The number of thioether (sulfide) groups is 1. The third-order valence-electron chi connectivity index (χ3n) is 1.72. The van der Waals surface area contributed by atoms with Gasteiger partial charge in [-0.2, -0.15) is 8.78 Å². The van der Waals surface area contributed by atoms with Crippen LogP contribution < -0.4 is 4.74 Å². The van der Waals surface area contributed by atoms with E-state index < -0.39 is 11.9 Å². The van der Waals surface area contributed by atoms with Crippen LogP contribution in [0.3, 0.4) is 0 Å². The molecular weight excluding hydrogens is 222 g/mol. The second-order valence-corrected chi connectivity index (χ2v) is 3.73. The van der Waals surface area contributed by atoms with Crippen molar-refractivity contribution in [1.82, 2.24) is 0 Å². The van der Waals surface area contributed by atoms with Crippen LogP contribution in [0.4, 0.5) is 8.78 Å². The van der Waals surface area contributed by atoms with E-state index in [1.807, 2.05) is 6.26 Å². The van der Waals surface area contributed by atoms with Gasteiger partial charge >= 0.3 is 6.11 Å². The molecule has 0 saturated carbocycles. The molecule has 1 aromatic rings. The van der Waals surface area contributed by atoms with Crippen molar-refractivity contribution in [2.75, 3.05) is 6.26 Å². The fraction of sp³-hybridized carbons (Fsp3) is 0.300. The van der Waals surface area contributed by atoms with Crippen molar-refractivity contribution >= 4 is 17.5 Å². The van der Waals surface area contributed by atoms with Crippen LogP contribution in [0.2, 0.25) is 0 Å². The van der Waals surface area contributed by atoms with Crippen molar-refractivity contribution in [3.8, 4) is 5.75 Å². The maximum absolute atomic E-state index is 12.8. The Kier molecular flexibility index (Phi) is 3.68. The predicted octanol–water partition coefficient (Wildman–Crippen LogP) is 2.97. The van der Waals surface area contributed by atoms with Crippen LogP contribution in [0.1, 0.15) is 6.92 Å². The van der Waals surface area contributed by atoms with Crippen LogP contribution in [0.15, 0.2) is 29.2 Å². The third-order valence-corrected chi connectivity index (χ3v) is 2.46. The van der Waals surface area contributed by atoms with E-state index in [9.17, 15) is 13.6 Å². The number of rotatable bonds is 4. The summed E-state index contributed by atoms with van der Waals surface area (Å²) in [5, 5.41) is 0. The summed E-state index contributed by atoms with van der Waals surface area (Å²) in [4.78, 5) is 11.5. The smallest absolute Gasteiger partial charge is 0.427 e. The summed E-state index contributed by atoms with van der Waals surface area (Å²) in [5.41, 5.74) is 0. The lowest BCUT2D eigenvalue weighted by Gasteiger charge is -2.14. The van der Waals surface area contributed by atoms with Gasteiger partial charge in [0.2, 0.25) is 5.78 Å². The SMILES string of the molecule is CSc1ccc(OC(F)(F)C(C)=O)cc1. The molecule has 15 heavy (non-hydrogen) atoms. The molecule has 82 valence electrons. The van der Waals surface area contributed by atoms with E-state index in [2.05, 4.69) is 4.74 Å². The zero-order valence-corrected chi connectivity index (χ0v) is 9.11. The van der Waals surface area contributed by atoms with Gasteiger partial charge in [0.05, 0.1) is 0 Å². The highest BCUT2D eigenvalue weighted by Crippen LogP contribution is 2.24. The van der Waals surface area contributed by atoms with Crippen molar-refractivity contribution in [2.24, 2.45) is 0 Å². The van der Waals surface area contributed by atoms with Gasteiger partial charge in [-0.15, -0.1) is 11.8 Å². The van der Waals surface area contributed by atoms with Crippen LogP contribution in [0.25, 0.3) is 0 Å². The van der Waals surface area contributed by atoms with Crippen LogP contribution in [0, 0.1) is 0 Å². The van der Waals surface area contributed by atoms with Gasteiger partial charge in [0.15, 0.2) is 0 Å². The highest BCUT2D eigenvalue weighted by Gasteiger charge is 2.38. The Morgan fingerprint density at radius 3 is 2.27 bits per heavy atom. The Hall–Kier alpha value is -1.10. The molecule has 0 aliphatic carbocycles. The van der Waals surface area contributed by atoms with Gasteiger partial charge in [-0.1, -0.05) is 0 Å². The summed E-state index contributed by atoms with van der Waals surface area (Å²) >= 11 is 1.49. The molecule has 0 fully saturated rings. The van der Waals surface area contributed by atoms with E-state index in [-0.39, 0.29) is 5.75 Å². The molecule has 2 nitrogen and oxygen atoms in total. The monoisotopic (exact) mass is 232 g/mol. The second kappa shape index (κ2) is 4.61. The Balaban J connectivity index is 2.77. The molecule has 0 N–H and O–H groups in total. The third kappa shape index (κ3) is 3.20.